The third-order valence-electron chi connectivity index (χ3n) is 3.13. The van der Waals surface area contributed by atoms with Gasteiger partial charge in [0.15, 0.2) is 0 Å². The molecule has 2 heteroatoms. The minimum Gasteiger partial charge on any atom is -0.461 e. The molecule has 0 atom stereocenters. The second kappa shape index (κ2) is 3.78. The van der Waals surface area contributed by atoms with Gasteiger partial charge in [0.05, 0.1) is 0 Å². The average molecular weight is 214 g/mol. The van der Waals surface area contributed by atoms with Crippen molar-refractivity contribution in [2.24, 2.45) is 5.92 Å². The fraction of sp³-hybridized carbons (Fsp3) is 0.357. The lowest BCUT2D eigenvalue weighted by Crippen LogP contribution is -2.01. The Balaban J connectivity index is 1.71. The van der Waals surface area contributed by atoms with Crippen molar-refractivity contribution in [1.82, 2.24) is 0 Å². The Labute approximate surface area is 94.3 Å². The number of fused-ring (bicyclic) bond motifs is 1. The number of carbonyl (C=O) groups excluding carboxylic acids is 1. The smallest absolute Gasteiger partial charge is 0.136 e. The zero-order chi connectivity index (χ0) is 11.0. The summed E-state index contributed by atoms with van der Waals surface area (Å²) in [4.78, 5) is 11.6. The van der Waals surface area contributed by atoms with E-state index in [2.05, 4.69) is 0 Å². The molecule has 16 heavy (non-hydrogen) atoms. The van der Waals surface area contributed by atoms with E-state index in [1.165, 1.54) is 0 Å². The molecule has 3 rings (SSSR count). The summed E-state index contributed by atoms with van der Waals surface area (Å²) in [6.07, 6.45) is 3.56. The molecule has 1 saturated carbocycles. The molecule has 2 nitrogen and oxygen atoms in total. The van der Waals surface area contributed by atoms with E-state index in [4.69, 9.17) is 4.42 Å². The second-order valence-corrected chi connectivity index (χ2v) is 4.49. The molecular weight excluding hydrogens is 200 g/mol. The Morgan fingerprint density at radius 2 is 2.12 bits per heavy atom. The number of furan rings is 1. The molecule has 0 unspecified atom stereocenters. The minimum absolute atomic E-state index is 0.365. The van der Waals surface area contributed by atoms with Gasteiger partial charge in [-0.15, -0.1) is 0 Å². The van der Waals surface area contributed by atoms with Gasteiger partial charge < -0.3 is 4.42 Å². The van der Waals surface area contributed by atoms with Gasteiger partial charge in [-0.2, -0.15) is 0 Å². The lowest BCUT2D eigenvalue weighted by molar-refractivity contribution is -0.120. The highest BCUT2D eigenvalue weighted by Crippen LogP contribution is 2.31. The summed E-state index contributed by atoms with van der Waals surface area (Å²) in [7, 11) is 0. The predicted molar refractivity (Wildman–Crippen MR) is 62.3 cm³/mol. The number of aryl methyl sites for hydroxylation is 1. The summed E-state index contributed by atoms with van der Waals surface area (Å²) in [6, 6.07) is 9.99. The van der Waals surface area contributed by atoms with Gasteiger partial charge in [0, 0.05) is 24.1 Å². The number of benzene rings is 1. The van der Waals surface area contributed by atoms with Crippen LogP contribution in [0.1, 0.15) is 25.0 Å². The first-order valence-electron chi connectivity index (χ1n) is 5.83. The van der Waals surface area contributed by atoms with Crippen molar-refractivity contribution in [2.45, 2.75) is 25.7 Å². The molecule has 1 aromatic heterocycles. The molecule has 0 spiro atoms. The summed E-state index contributed by atoms with van der Waals surface area (Å²) >= 11 is 0. The van der Waals surface area contributed by atoms with Crippen molar-refractivity contribution < 1.29 is 9.21 Å². The minimum atomic E-state index is 0.365. The first-order chi connectivity index (χ1) is 7.83. The maximum atomic E-state index is 11.6. The Hall–Kier alpha value is -1.57. The average Bonchev–Trinajstić information content (AvgIpc) is 3.06. The Morgan fingerprint density at radius 1 is 1.31 bits per heavy atom. The van der Waals surface area contributed by atoms with Crippen molar-refractivity contribution >= 4 is 16.8 Å². The molecule has 1 aliphatic carbocycles. The van der Waals surface area contributed by atoms with Crippen molar-refractivity contribution in [3.05, 3.63) is 36.1 Å². The topological polar surface area (TPSA) is 30.2 Å². The number of carbonyl (C=O) groups is 1. The van der Waals surface area contributed by atoms with Crippen LogP contribution in [0.15, 0.2) is 34.7 Å². The monoisotopic (exact) mass is 214 g/mol. The largest absolute Gasteiger partial charge is 0.461 e. The lowest BCUT2D eigenvalue weighted by Gasteiger charge is -1.95. The van der Waals surface area contributed by atoms with Crippen LogP contribution < -0.4 is 0 Å². The van der Waals surface area contributed by atoms with E-state index in [1.54, 1.807) is 0 Å². The van der Waals surface area contributed by atoms with Crippen molar-refractivity contribution in [3.63, 3.8) is 0 Å². The molecule has 0 bridgehead atoms. The summed E-state index contributed by atoms with van der Waals surface area (Å²) in [5.74, 6) is 1.69. The highest BCUT2D eigenvalue weighted by atomic mass is 16.3. The van der Waals surface area contributed by atoms with E-state index in [-0.39, 0.29) is 0 Å². The third kappa shape index (κ3) is 1.87. The standard InChI is InChI=1S/C14H14O2/c15-13(10-5-6-10)8-7-12-9-11-3-1-2-4-14(11)16-12/h1-4,9-10H,5-8H2. The molecule has 82 valence electrons. The molecule has 1 fully saturated rings. The van der Waals surface area contributed by atoms with E-state index in [1.807, 2.05) is 30.3 Å². The molecule has 1 aliphatic rings. The van der Waals surface area contributed by atoms with Crippen LogP contribution in [0, 0.1) is 5.92 Å². The second-order valence-electron chi connectivity index (χ2n) is 4.49. The summed E-state index contributed by atoms with van der Waals surface area (Å²) < 4.78 is 5.67. The highest BCUT2D eigenvalue weighted by Gasteiger charge is 2.28. The van der Waals surface area contributed by atoms with Crippen molar-refractivity contribution in [3.8, 4) is 0 Å². The van der Waals surface area contributed by atoms with Crippen molar-refractivity contribution in [2.75, 3.05) is 0 Å². The predicted octanol–water partition coefficient (Wildman–Crippen LogP) is 3.34. The zero-order valence-electron chi connectivity index (χ0n) is 9.11. The van der Waals surface area contributed by atoms with Gasteiger partial charge in [0.2, 0.25) is 0 Å². The molecule has 2 aromatic rings. The molecule has 0 N–H and O–H groups in total. The van der Waals surface area contributed by atoms with Gasteiger partial charge in [-0.05, 0) is 25.0 Å². The normalized spacial score (nSPS) is 15.5. The summed E-state index contributed by atoms with van der Waals surface area (Å²) in [6.45, 7) is 0. The van der Waals surface area contributed by atoms with Crippen molar-refractivity contribution in [1.29, 1.82) is 0 Å². The van der Waals surface area contributed by atoms with Crippen LogP contribution in [0.3, 0.4) is 0 Å². The maximum Gasteiger partial charge on any atom is 0.136 e. The fourth-order valence-corrected chi connectivity index (χ4v) is 2.02. The van der Waals surface area contributed by atoms with Gasteiger partial charge >= 0.3 is 0 Å². The highest BCUT2D eigenvalue weighted by molar-refractivity contribution is 5.83. The first kappa shape index (κ1) is 9.64. The van der Waals surface area contributed by atoms with Crippen LogP contribution in [0.4, 0.5) is 0 Å². The molecular formula is C14H14O2. The van der Waals surface area contributed by atoms with Gasteiger partial charge in [-0.3, -0.25) is 4.79 Å². The van der Waals surface area contributed by atoms with Gasteiger partial charge in [-0.25, -0.2) is 0 Å². The van der Waals surface area contributed by atoms with E-state index in [9.17, 15) is 4.79 Å². The first-order valence-corrected chi connectivity index (χ1v) is 5.83. The molecule has 0 aliphatic heterocycles. The maximum absolute atomic E-state index is 11.6. The molecule has 0 amide bonds. The lowest BCUT2D eigenvalue weighted by atomic mass is 10.1. The quantitative estimate of drug-likeness (QED) is 0.781. The number of Topliss-reactive ketones (excluding diaryl/α,β-unsaturated/α-hetero) is 1. The Morgan fingerprint density at radius 3 is 2.88 bits per heavy atom. The van der Waals surface area contributed by atoms with Gasteiger partial charge in [0.25, 0.3) is 0 Å². The van der Waals surface area contributed by atoms with Gasteiger partial charge in [0.1, 0.15) is 17.1 Å². The van der Waals surface area contributed by atoms with Crippen LogP contribution in [0.5, 0.6) is 0 Å². The zero-order valence-corrected chi connectivity index (χ0v) is 9.11. The Bertz CT molecular complexity index is 487. The molecule has 0 saturated heterocycles. The number of ketones is 1. The number of para-hydroxylation sites is 1. The van der Waals surface area contributed by atoms with Crippen LogP contribution in [0.25, 0.3) is 11.0 Å². The number of hydrogen-bond acceptors (Lipinski definition) is 2. The fourth-order valence-electron chi connectivity index (χ4n) is 2.02. The summed E-state index contributed by atoms with van der Waals surface area (Å²) in [5.41, 5.74) is 0.913. The molecule has 0 radical (unpaired) electrons. The van der Waals surface area contributed by atoms with E-state index < -0.39 is 0 Å². The SMILES string of the molecule is O=C(CCc1cc2ccccc2o1)C1CC1. The molecule has 1 aromatic carbocycles. The number of rotatable bonds is 4. The van der Waals surface area contributed by atoms with E-state index in [0.717, 1.165) is 36.0 Å². The van der Waals surface area contributed by atoms with E-state index in [0.29, 0.717) is 18.1 Å². The van der Waals surface area contributed by atoms with Crippen LogP contribution >= 0.6 is 0 Å². The number of hydrogen-bond donors (Lipinski definition) is 0. The van der Waals surface area contributed by atoms with Crippen LogP contribution in [0.2, 0.25) is 0 Å². The third-order valence-corrected chi connectivity index (χ3v) is 3.13. The van der Waals surface area contributed by atoms with Gasteiger partial charge in [-0.1, -0.05) is 18.2 Å². The Kier molecular flexibility index (Phi) is 2.28. The van der Waals surface area contributed by atoms with E-state index >= 15 is 0 Å². The summed E-state index contributed by atoms with van der Waals surface area (Å²) in [5, 5.41) is 1.12. The molecule has 1 heterocycles. The van der Waals surface area contributed by atoms with Crippen LogP contribution in [-0.2, 0) is 11.2 Å². The van der Waals surface area contributed by atoms with Crippen LogP contribution in [-0.4, -0.2) is 5.78 Å².